The van der Waals surface area contributed by atoms with Crippen molar-refractivity contribution in [2.24, 2.45) is 0 Å². The predicted molar refractivity (Wildman–Crippen MR) is 165 cm³/mol. The van der Waals surface area contributed by atoms with Crippen molar-refractivity contribution >= 4 is 34.6 Å². The molecule has 0 unspecified atom stereocenters. The predicted octanol–water partition coefficient (Wildman–Crippen LogP) is 6.72. The van der Waals surface area contributed by atoms with Gasteiger partial charge in [0.05, 0.1) is 22.3 Å². The van der Waals surface area contributed by atoms with Crippen LogP contribution in [0.3, 0.4) is 0 Å². The quantitative estimate of drug-likeness (QED) is 0.181. The summed E-state index contributed by atoms with van der Waals surface area (Å²) in [7, 11) is -0.575. The Morgan fingerprint density at radius 3 is 1.66 bits per heavy atom. The summed E-state index contributed by atoms with van der Waals surface area (Å²) in [5.41, 5.74) is 4.38. The fourth-order valence-electron chi connectivity index (χ4n) is 6.11. The second kappa shape index (κ2) is 9.40. The minimum Gasteiger partial charge on any atom is -0.398 e. The molecule has 1 aliphatic heterocycles. The average molecular weight is 537 g/mol. The van der Waals surface area contributed by atoms with E-state index < -0.39 is 23.9 Å². The van der Waals surface area contributed by atoms with E-state index in [4.69, 9.17) is 14.3 Å². The first kappa shape index (κ1) is 25.7. The van der Waals surface area contributed by atoms with Crippen LogP contribution in [0, 0.1) is 0 Å². The van der Waals surface area contributed by atoms with Gasteiger partial charge in [0.25, 0.3) is 0 Å². The largest absolute Gasteiger partial charge is 0.514 e. The first-order valence-corrected chi connectivity index (χ1v) is 14.1. The van der Waals surface area contributed by atoms with Gasteiger partial charge in [-0.15, -0.1) is 0 Å². The van der Waals surface area contributed by atoms with Gasteiger partial charge in [0.15, 0.2) is 0 Å². The summed E-state index contributed by atoms with van der Waals surface area (Å²) in [4.78, 5) is 9.88. The Morgan fingerprint density at radius 1 is 0.634 bits per heavy atom. The standard InChI is InChI=1S/C35H32BN3O2/c1-33(2)34(3,4)41-36(40-33)31-21-20-28-29-24-37-23-22-30(29)39(32(28)38-31)35(25-14-8-5-9-15-25,26-16-10-6-11-17-26)27-18-12-7-13-19-27/h5-24H,1-4H3. The van der Waals surface area contributed by atoms with Gasteiger partial charge in [-0.1, -0.05) is 91.0 Å². The number of pyridine rings is 2. The van der Waals surface area contributed by atoms with Crippen LogP contribution < -0.4 is 5.59 Å². The third kappa shape index (κ3) is 3.86. The van der Waals surface area contributed by atoms with E-state index >= 15 is 0 Å². The molecule has 202 valence electrons. The Bertz CT molecular complexity index is 1740. The van der Waals surface area contributed by atoms with E-state index in [0.717, 1.165) is 44.2 Å². The molecule has 3 aromatic carbocycles. The molecule has 0 amide bonds. The fraction of sp³-hybridized carbons (Fsp3) is 0.200. The minimum atomic E-state index is -0.729. The number of hydrogen-bond acceptors (Lipinski definition) is 4. The van der Waals surface area contributed by atoms with Crippen LogP contribution in [0.1, 0.15) is 44.4 Å². The fourth-order valence-corrected chi connectivity index (χ4v) is 6.11. The second-order valence-corrected chi connectivity index (χ2v) is 11.7. The van der Waals surface area contributed by atoms with Crippen LogP contribution in [0.15, 0.2) is 122 Å². The van der Waals surface area contributed by atoms with E-state index in [0.29, 0.717) is 0 Å². The van der Waals surface area contributed by atoms with Crippen LogP contribution in [0.4, 0.5) is 0 Å². The van der Waals surface area contributed by atoms with Gasteiger partial charge < -0.3 is 13.9 Å². The van der Waals surface area contributed by atoms with Gasteiger partial charge in [0.2, 0.25) is 0 Å². The summed E-state index contributed by atoms with van der Waals surface area (Å²) in [6, 6.07) is 38.3. The summed E-state index contributed by atoms with van der Waals surface area (Å²) in [6.07, 6.45) is 3.80. The van der Waals surface area contributed by atoms with E-state index in [2.05, 4.69) is 140 Å². The smallest absolute Gasteiger partial charge is 0.398 e. The molecule has 7 rings (SSSR count). The molecular formula is C35H32BN3O2. The number of benzene rings is 3. The van der Waals surface area contributed by atoms with Gasteiger partial charge in [-0.05, 0) is 62.6 Å². The molecule has 4 heterocycles. The zero-order chi connectivity index (χ0) is 28.2. The second-order valence-electron chi connectivity index (χ2n) is 11.7. The highest BCUT2D eigenvalue weighted by atomic mass is 16.7. The molecule has 0 atom stereocenters. The molecule has 1 fully saturated rings. The summed E-state index contributed by atoms with van der Waals surface area (Å²) in [5.74, 6) is 0. The lowest BCUT2D eigenvalue weighted by molar-refractivity contribution is 0.00578. The lowest BCUT2D eigenvalue weighted by atomic mass is 9.76. The zero-order valence-electron chi connectivity index (χ0n) is 23.8. The molecule has 5 nitrogen and oxygen atoms in total. The Labute approximate surface area is 240 Å². The van der Waals surface area contributed by atoms with Gasteiger partial charge in [-0.2, -0.15) is 0 Å². The van der Waals surface area contributed by atoms with E-state index in [9.17, 15) is 0 Å². The molecule has 1 saturated heterocycles. The van der Waals surface area contributed by atoms with E-state index in [1.807, 2.05) is 18.5 Å². The number of hydrogen-bond donors (Lipinski definition) is 0. The maximum absolute atomic E-state index is 6.45. The Hall–Kier alpha value is -4.26. The van der Waals surface area contributed by atoms with Crippen LogP contribution in [0.2, 0.25) is 0 Å². The van der Waals surface area contributed by atoms with Crippen LogP contribution in [-0.4, -0.2) is 32.9 Å². The van der Waals surface area contributed by atoms with Gasteiger partial charge in [0, 0.05) is 23.2 Å². The molecule has 0 bridgehead atoms. The number of nitrogens with zero attached hydrogens (tertiary/aromatic N) is 3. The topological polar surface area (TPSA) is 49.2 Å². The molecule has 3 aromatic heterocycles. The number of fused-ring (bicyclic) bond motifs is 3. The summed E-state index contributed by atoms with van der Waals surface area (Å²) < 4.78 is 15.3. The normalized spacial score (nSPS) is 16.4. The molecule has 0 aliphatic carbocycles. The molecule has 0 radical (unpaired) electrons. The highest BCUT2D eigenvalue weighted by molar-refractivity contribution is 6.61. The molecule has 0 N–H and O–H groups in total. The first-order valence-electron chi connectivity index (χ1n) is 14.1. The van der Waals surface area contributed by atoms with Crippen LogP contribution in [0.5, 0.6) is 0 Å². The Morgan fingerprint density at radius 2 is 1.15 bits per heavy atom. The molecule has 41 heavy (non-hydrogen) atoms. The van der Waals surface area contributed by atoms with Crippen LogP contribution >= 0.6 is 0 Å². The lowest BCUT2D eigenvalue weighted by Gasteiger charge is -2.38. The van der Waals surface area contributed by atoms with Gasteiger partial charge in [0.1, 0.15) is 11.2 Å². The SMILES string of the molecule is CC1(C)OB(c2ccc3c4cnccc4n(C(c4ccccc4)(c4ccccc4)c4ccccc4)c3n2)OC1(C)C. The van der Waals surface area contributed by atoms with E-state index in [1.165, 1.54) is 0 Å². The van der Waals surface area contributed by atoms with Crippen molar-refractivity contribution in [2.75, 3.05) is 0 Å². The number of rotatable bonds is 5. The maximum Gasteiger partial charge on any atom is 0.514 e. The van der Waals surface area contributed by atoms with Crippen LogP contribution in [0.25, 0.3) is 21.9 Å². The third-order valence-electron chi connectivity index (χ3n) is 8.84. The summed E-state index contributed by atoms with van der Waals surface area (Å²) >= 11 is 0. The molecular weight excluding hydrogens is 505 g/mol. The summed E-state index contributed by atoms with van der Waals surface area (Å²) in [5, 5.41) is 2.07. The Kier molecular flexibility index (Phi) is 5.89. The van der Waals surface area contributed by atoms with Crippen LogP contribution in [-0.2, 0) is 14.8 Å². The molecule has 6 heteroatoms. The van der Waals surface area contributed by atoms with Crippen molar-refractivity contribution in [1.29, 1.82) is 0 Å². The van der Waals surface area contributed by atoms with Gasteiger partial charge in [-0.3, -0.25) is 4.98 Å². The van der Waals surface area contributed by atoms with E-state index in [-0.39, 0.29) is 0 Å². The Balaban J connectivity index is 1.62. The zero-order valence-corrected chi connectivity index (χ0v) is 23.8. The molecule has 6 aromatic rings. The summed E-state index contributed by atoms with van der Waals surface area (Å²) in [6.45, 7) is 8.28. The number of aromatic nitrogens is 3. The molecule has 0 spiro atoms. The highest BCUT2D eigenvalue weighted by Crippen LogP contribution is 2.45. The third-order valence-corrected chi connectivity index (χ3v) is 8.84. The van der Waals surface area contributed by atoms with Gasteiger partial charge in [-0.25, -0.2) is 4.98 Å². The lowest BCUT2D eigenvalue weighted by Crippen LogP contribution is -2.41. The van der Waals surface area contributed by atoms with Crippen molar-refractivity contribution in [3.8, 4) is 0 Å². The molecule has 0 saturated carbocycles. The molecule has 1 aliphatic rings. The minimum absolute atomic E-state index is 0.465. The van der Waals surface area contributed by atoms with E-state index in [1.54, 1.807) is 0 Å². The van der Waals surface area contributed by atoms with Crippen molar-refractivity contribution in [1.82, 2.24) is 14.5 Å². The monoisotopic (exact) mass is 537 g/mol. The van der Waals surface area contributed by atoms with Crippen molar-refractivity contribution < 1.29 is 9.31 Å². The average Bonchev–Trinajstić information content (AvgIpc) is 3.44. The van der Waals surface area contributed by atoms with Crippen molar-refractivity contribution in [3.63, 3.8) is 0 Å². The van der Waals surface area contributed by atoms with Gasteiger partial charge >= 0.3 is 7.12 Å². The van der Waals surface area contributed by atoms with Crippen molar-refractivity contribution in [3.05, 3.63) is 138 Å². The maximum atomic E-state index is 6.45. The van der Waals surface area contributed by atoms with Crippen molar-refractivity contribution in [2.45, 2.75) is 44.4 Å². The highest BCUT2D eigenvalue weighted by Gasteiger charge is 2.52. The first-order chi connectivity index (χ1) is 19.8.